The maximum Gasteiger partial charge on any atom is 0.123 e. The van der Waals surface area contributed by atoms with Gasteiger partial charge in [0.25, 0.3) is 0 Å². The molecule has 0 fully saturated rings. The zero-order valence-corrected chi connectivity index (χ0v) is 7.12. The lowest BCUT2D eigenvalue weighted by Gasteiger charge is -1.98. The van der Waals surface area contributed by atoms with Gasteiger partial charge in [-0.15, -0.1) is 11.8 Å². The van der Waals surface area contributed by atoms with Crippen molar-refractivity contribution in [3.63, 3.8) is 0 Å². The molecule has 0 unspecified atom stereocenters. The van der Waals surface area contributed by atoms with Crippen molar-refractivity contribution in [1.29, 1.82) is 0 Å². The Labute approximate surface area is 70.0 Å². The van der Waals surface area contributed by atoms with Crippen LogP contribution in [0.2, 0.25) is 0 Å². The van der Waals surface area contributed by atoms with Crippen LogP contribution in [-0.2, 0) is 0 Å². The quantitative estimate of drug-likeness (QED) is 0.552. The lowest BCUT2D eigenvalue weighted by atomic mass is 10.4. The number of hydrogen-bond donors (Lipinski definition) is 1. The maximum absolute atomic E-state index is 12.4. The van der Waals surface area contributed by atoms with Gasteiger partial charge < -0.3 is 5.32 Å². The van der Waals surface area contributed by atoms with E-state index >= 15 is 0 Å². The molecule has 0 saturated carbocycles. The zero-order valence-electron chi connectivity index (χ0n) is 6.30. The Balaban J connectivity index is 2.52. The Morgan fingerprint density at radius 1 is 1.36 bits per heavy atom. The van der Waals surface area contributed by atoms with E-state index in [1.807, 2.05) is 7.05 Å². The zero-order chi connectivity index (χ0) is 8.10. The Morgan fingerprint density at radius 3 is 2.55 bits per heavy atom. The van der Waals surface area contributed by atoms with Crippen molar-refractivity contribution in [1.82, 2.24) is 5.32 Å². The van der Waals surface area contributed by atoms with E-state index in [0.29, 0.717) is 0 Å². The van der Waals surface area contributed by atoms with E-state index < -0.39 is 0 Å². The molecule has 1 nitrogen and oxygen atoms in total. The molecular formula is C8H10FNS. The van der Waals surface area contributed by atoms with Gasteiger partial charge in [0.05, 0.1) is 0 Å². The first-order valence-corrected chi connectivity index (χ1v) is 4.34. The molecule has 1 rings (SSSR count). The van der Waals surface area contributed by atoms with E-state index in [2.05, 4.69) is 5.32 Å². The molecule has 0 heterocycles. The van der Waals surface area contributed by atoms with Gasteiger partial charge >= 0.3 is 0 Å². The number of hydrogen-bond acceptors (Lipinski definition) is 2. The molecule has 3 heteroatoms. The number of rotatable bonds is 3. The van der Waals surface area contributed by atoms with Crippen LogP contribution in [0.1, 0.15) is 0 Å². The summed E-state index contributed by atoms with van der Waals surface area (Å²) in [5.41, 5.74) is 0. The average Bonchev–Trinajstić information content (AvgIpc) is 2.04. The van der Waals surface area contributed by atoms with Crippen molar-refractivity contribution in [2.75, 3.05) is 12.9 Å². The second-order valence-corrected chi connectivity index (χ2v) is 3.14. The summed E-state index contributed by atoms with van der Waals surface area (Å²) in [5, 5.41) is 3.00. The Bertz CT molecular complexity index is 210. The van der Waals surface area contributed by atoms with Crippen LogP contribution < -0.4 is 5.32 Å². The van der Waals surface area contributed by atoms with E-state index in [-0.39, 0.29) is 5.82 Å². The molecule has 1 aromatic rings. The molecule has 11 heavy (non-hydrogen) atoms. The summed E-state index contributed by atoms with van der Waals surface area (Å²) in [7, 11) is 1.89. The van der Waals surface area contributed by atoms with E-state index in [9.17, 15) is 4.39 Å². The predicted molar refractivity (Wildman–Crippen MR) is 46.2 cm³/mol. The molecule has 0 aliphatic heterocycles. The third-order valence-corrected chi connectivity index (χ3v) is 2.24. The minimum absolute atomic E-state index is 0.182. The van der Waals surface area contributed by atoms with Crippen molar-refractivity contribution in [2.24, 2.45) is 0 Å². The minimum atomic E-state index is -0.182. The Hall–Kier alpha value is -0.540. The topological polar surface area (TPSA) is 12.0 Å². The van der Waals surface area contributed by atoms with Crippen LogP contribution in [-0.4, -0.2) is 12.9 Å². The second-order valence-electron chi connectivity index (χ2n) is 2.10. The highest BCUT2D eigenvalue weighted by molar-refractivity contribution is 7.99. The van der Waals surface area contributed by atoms with Gasteiger partial charge in [-0.1, -0.05) is 0 Å². The smallest absolute Gasteiger partial charge is 0.123 e. The van der Waals surface area contributed by atoms with Crippen molar-refractivity contribution < 1.29 is 4.39 Å². The van der Waals surface area contributed by atoms with Gasteiger partial charge in [-0.05, 0) is 31.3 Å². The SMILES string of the molecule is CNCSc1ccc(F)cc1. The summed E-state index contributed by atoms with van der Waals surface area (Å²) in [6.45, 7) is 0. The summed E-state index contributed by atoms with van der Waals surface area (Å²) >= 11 is 1.65. The third-order valence-electron chi connectivity index (χ3n) is 1.20. The van der Waals surface area contributed by atoms with Gasteiger partial charge in [-0.25, -0.2) is 4.39 Å². The number of thioether (sulfide) groups is 1. The largest absolute Gasteiger partial charge is 0.311 e. The number of halogens is 1. The highest BCUT2D eigenvalue weighted by atomic mass is 32.2. The van der Waals surface area contributed by atoms with E-state index in [4.69, 9.17) is 0 Å². The van der Waals surface area contributed by atoms with Gasteiger partial charge in [0, 0.05) is 10.8 Å². The molecule has 0 amide bonds. The highest BCUT2D eigenvalue weighted by Crippen LogP contribution is 2.15. The molecule has 1 N–H and O–H groups in total. The summed E-state index contributed by atoms with van der Waals surface area (Å²) < 4.78 is 12.4. The van der Waals surface area contributed by atoms with Crippen molar-refractivity contribution in [2.45, 2.75) is 4.90 Å². The Morgan fingerprint density at radius 2 is 2.00 bits per heavy atom. The first kappa shape index (κ1) is 8.56. The molecule has 0 atom stereocenters. The maximum atomic E-state index is 12.4. The summed E-state index contributed by atoms with van der Waals surface area (Å²) in [6, 6.07) is 6.49. The molecular weight excluding hydrogens is 161 g/mol. The molecule has 0 aromatic heterocycles. The first-order valence-electron chi connectivity index (χ1n) is 3.36. The first-order chi connectivity index (χ1) is 5.33. The fraction of sp³-hybridized carbons (Fsp3) is 0.250. The molecule has 60 valence electrons. The van der Waals surface area contributed by atoms with Crippen LogP contribution in [0, 0.1) is 5.82 Å². The normalized spacial score (nSPS) is 10.0. The van der Waals surface area contributed by atoms with Crippen LogP contribution in [0.5, 0.6) is 0 Å². The number of benzene rings is 1. The highest BCUT2D eigenvalue weighted by Gasteiger charge is 1.91. The summed E-state index contributed by atoms with van der Waals surface area (Å²) in [4.78, 5) is 1.08. The predicted octanol–water partition coefficient (Wildman–Crippen LogP) is 2.09. The fourth-order valence-corrected chi connectivity index (χ4v) is 1.33. The van der Waals surface area contributed by atoms with Gasteiger partial charge in [-0.3, -0.25) is 0 Å². The van der Waals surface area contributed by atoms with Gasteiger partial charge in [0.1, 0.15) is 5.82 Å². The van der Waals surface area contributed by atoms with Crippen molar-refractivity contribution in [3.05, 3.63) is 30.1 Å². The van der Waals surface area contributed by atoms with E-state index in [1.54, 1.807) is 23.9 Å². The molecule has 0 radical (unpaired) electrons. The summed E-state index contributed by atoms with van der Waals surface area (Å²) in [5.74, 6) is 0.671. The second kappa shape index (κ2) is 4.36. The van der Waals surface area contributed by atoms with Crippen molar-refractivity contribution >= 4 is 11.8 Å². The minimum Gasteiger partial charge on any atom is -0.311 e. The molecule has 0 aliphatic carbocycles. The van der Waals surface area contributed by atoms with Gasteiger partial charge in [0.2, 0.25) is 0 Å². The lowest BCUT2D eigenvalue weighted by Crippen LogP contribution is -2.02. The van der Waals surface area contributed by atoms with Gasteiger partial charge in [-0.2, -0.15) is 0 Å². The number of nitrogens with one attached hydrogen (secondary N) is 1. The van der Waals surface area contributed by atoms with E-state index in [0.717, 1.165) is 10.8 Å². The summed E-state index contributed by atoms with van der Waals surface area (Å²) in [6.07, 6.45) is 0. The van der Waals surface area contributed by atoms with Crippen LogP contribution in [0.25, 0.3) is 0 Å². The lowest BCUT2D eigenvalue weighted by molar-refractivity contribution is 0.626. The average molecular weight is 171 g/mol. The van der Waals surface area contributed by atoms with Crippen molar-refractivity contribution in [3.8, 4) is 0 Å². The monoisotopic (exact) mass is 171 g/mol. The molecule has 0 spiro atoms. The van der Waals surface area contributed by atoms with E-state index in [1.165, 1.54) is 12.1 Å². The van der Waals surface area contributed by atoms with Crippen LogP contribution >= 0.6 is 11.8 Å². The molecule has 0 saturated heterocycles. The molecule has 0 aliphatic rings. The third kappa shape index (κ3) is 2.91. The van der Waals surface area contributed by atoms with Crippen LogP contribution in [0.3, 0.4) is 0 Å². The molecule has 0 bridgehead atoms. The van der Waals surface area contributed by atoms with Gasteiger partial charge in [0.15, 0.2) is 0 Å². The van der Waals surface area contributed by atoms with Crippen LogP contribution in [0.4, 0.5) is 4.39 Å². The standard InChI is InChI=1S/C8H10FNS/c1-10-6-11-8-4-2-7(9)3-5-8/h2-5,10H,6H2,1H3. The molecule has 1 aromatic carbocycles. The Kier molecular flexibility index (Phi) is 3.39. The van der Waals surface area contributed by atoms with Crippen LogP contribution in [0.15, 0.2) is 29.2 Å². The fourth-order valence-electron chi connectivity index (χ4n) is 0.686.